The van der Waals surface area contributed by atoms with Crippen molar-refractivity contribution in [1.29, 1.82) is 0 Å². The average Bonchev–Trinajstić information content (AvgIpc) is 3.43. The largest absolute Gasteiger partial charge is 0.458 e. The third-order valence-corrected chi connectivity index (χ3v) is 7.93. The summed E-state index contributed by atoms with van der Waals surface area (Å²) in [6.45, 7) is 8.77. The second-order valence-corrected chi connectivity index (χ2v) is 9.49. The van der Waals surface area contributed by atoms with E-state index in [2.05, 4.69) is 26.8 Å². The van der Waals surface area contributed by atoms with Crippen LogP contribution < -0.4 is 0 Å². The minimum absolute atomic E-state index is 0.0187. The summed E-state index contributed by atoms with van der Waals surface area (Å²) in [5, 5.41) is 18.8. The van der Waals surface area contributed by atoms with E-state index in [1.54, 1.807) is 0 Å². The van der Waals surface area contributed by atoms with Crippen LogP contribution in [0.5, 0.6) is 0 Å². The molecule has 0 radical (unpaired) electrons. The van der Waals surface area contributed by atoms with Gasteiger partial charge in [0.25, 0.3) is 0 Å². The van der Waals surface area contributed by atoms with Crippen molar-refractivity contribution in [2.45, 2.75) is 83.1 Å². The minimum Gasteiger partial charge on any atom is -0.458 e. The molecule has 1 saturated carbocycles. The summed E-state index contributed by atoms with van der Waals surface area (Å²) in [5.41, 5.74) is 0.525. The van der Waals surface area contributed by atoms with E-state index in [9.17, 15) is 15.0 Å². The zero-order valence-corrected chi connectivity index (χ0v) is 17.6. The van der Waals surface area contributed by atoms with Crippen molar-refractivity contribution in [2.24, 2.45) is 10.8 Å². The number of fused-ring (bicyclic) bond motifs is 2. The predicted octanol–water partition coefficient (Wildman–Crippen LogP) is 2.45. The van der Waals surface area contributed by atoms with Gasteiger partial charge in [0.1, 0.15) is 11.7 Å². The molecule has 2 saturated heterocycles. The van der Waals surface area contributed by atoms with Gasteiger partial charge in [-0.05, 0) is 26.7 Å². The van der Waals surface area contributed by atoms with Gasteiger partial charge in [-0.15, -0.1) is 0 Å². The number of esters is 1. The Kier molecular flexibility index (Phi) is 5.05. The van der Waals surface area contributed by atoms with Crippen LogP contribution in [-0.4, -0.2) is 58.9 Å². The number of aliphatic hydroxyl groups excluding tert-OH is 2. The van der Waals surface area contributed by atoms with Gasteiger partial charge in [-0.1, -0.05) is 43.7 Å². The zero-order valence-electron chi connectivity index (χ0n) is 17.6. The molecule has 4 aliphatic rings. The Labute approximate surface area is 172 Å². The maximum absolute atomic E-state index is 12.5. The van der Waals surface area contributed by atoms with Gasteiger partial charge in [0.05, 0.1) is 31.0 Å². The van der Waals surface area contributed by atoms with Crippen molar-refractivity contribution in [3.05, 3.63) is 36.0 Å². The van der Waals surface area contributed by atoms with Crippen LogP contribution in [0.2, 0.25) is 0 Å². The molecule has 6 nitrogen and oxygen atoms in total. The fraction of sp³-hybridized carbons (Fsp3) is 0.696. The molecule has 2 aliphatic heterocycles. The van der Waals surface area contributed by atoms with E-state index in [0.29, 0.717) is 13.0 Å². The third kappa shape index (κ3) is 3.03. The molecule has 8 atom stereocenters. The highest BCUT2D eigenvalue weighted by atomic mass is 16.6. The Bertz CT molecular complexity index is 763. The number of epoxide rings is 1. The van der Waals surface area contributed by atoms with E-state index in [-0.39, 0.29) is 34.7 Å². The van der Waals surface area contributed by atoms with Crippen molar-refractivity contribution in [2.75, 3.05) is 6.61 Å². The van der Waals surface area contributed by atoms with Crippen LogP contribution >= 0.6 is 0 Å². The molecule has 1 spiro atoms. The zero-order chi connectivity index (χ0) is 21.0. The second kappa shape index (κ2) is 7.05. The Morgan fingerprint density at radius 2 is 2.07 bits per heavy atom. The van der Waals surface area contributed by atoms with E-state index in [0.717, 1.165) is 12.8 Å². The highest BCUT2D eigenvalue weighted by Gasteiger charge is 2.81. The summed E-state index contributed by atoms with van der Waals surface area (Å²) in [6, 6.07) is 0. The van der Waals surface area contributed by atoms with Crippen molar-refractivity contribution < 1.29 is 29.2 Å². The van der Waals surface area contributed by atoms with Gasteiger partial charge in [0.15, 0.2) is 0 Å². The fourth-order valence-electron chi connectivity index (χ4n) is 5.67. The van der Waals surface area contributed by atoms with Crippen molar-refractivity contribution >= 4 is 5.97 Å². The summed E-state index contributed by atoms with van der Waals surface area (Å²) < 4.78 is 18.4. The maximum Gasteiger partial charge on any atom is 0.331 e. The maximum atomic E-state index is 12.5. The first-order valence-corrected chi connectivity index (χ1v) is 10.5. The van der Waals surface area contributed by atoms with Crippen LogP contribution in [0.25, 0.3) is 0 Å². The molecule has 3 fully saturated rings. The quantitative estimate of drug-likeness (QED) is 0.241. The molecule has 2 aliphatic carbocycles. The molecular weight excluding hydrogens is 372 g/mol. The van der Waals surface area contributed by atoms with E-state index in [1.807, 2.05) is 0 Å². The summed E-state index contributed by atoms with van der Waals surface area (Å²) in [7, 11) is 0. The summed E-state index contributed by atoms with van der Waals surface area (Å²) in [6.07, 6.45) is 8.59. The van der Waals surface area contributed by atoms with E-state index < -0.39 is 18.2 Å². The lowest BCUT2D eigenvalue weighted by Gasteiger charge is -2.57. The Morgan fingerprint density at radius 1 is 1.34 bits per heavy atom. The molecule has 4 rings (SSSR count). The third-order valence-electron chi connectivity index (χ3n) is 7.93. The molecule has 0 aromatic carbocycles. The predicted molar refractivity (Wildman–Crippen MR) is 107 cm³/mol. The number of hydrogen-bond acceptors (Lipinski definition) is 6. The SMILES string of the molecule is CC1=C[C@H]2O[C@@H]3C[C@@H](OC(=O)/C=C\C=C\[C@@H](O)[C@H](C)O)[C@](C)([C@@]2(C)CC1)[C@@]31CO1. The minimum atomic E-state index is -0.965. The van der Waals surface area contributed by atoms with Gasteiger partial charge in [0.2, 0.25) is 0 Å². The number of rotatable bonds is 5. The fourth-order valence-corrected chi connectivity index (χ4v) is 5.67. The smallest absolute Gasteiger partial charge is 0.331 e. The Morgan fingerprint density at radius 3 is 2.72 bits per heavy atom. The molecule has 0 amide bonds. The van der Waals surface area contributed by atoms with Crippen LogP contribution in [0.4, 0.5) is 0 Å². The van der Waals surface area contributed by atoms with Crippen molar-refractivity contribution in [1.82, 2.24) is 0 Å². The Hall–Kier alpha value is -1.47. The number of hydrogen-bond donors (Lipinski definition) is 2. The van der Waals surface area contributed by atoms with Gasteiger partial charge >= 0.3 is 5.97 Å². The highest BCUT2D eigenvalue weighted by molar-refractivity contribution is 5.82. The van der Waals surface area contributed by atoms with Gasteiger partial charge in [-0.3, -0.25) is 0 Å². The molecule has 160 valence electrons. The molecule has 2 heterocycles. The first-order chi connectivity index (χ1) is 13.6. The number of carbonyl (C=O) groups is 1. The van der Waals surface area contributed by atoms with Crippen molar-refractivity contribution in [3.63, 3.8) is 0 Å². The molecule has 6 heteroatoms. The molecule has 0 unspecified atom stereocenters. The molecule has 0 aromatic heterocycles. The number of carbonyl (C=O) groups excluding carboxylic acids is 1. The standard InChI is InChI=1S/C23H32O6/c1-14-9-10-21(3)17(11-14)28-19-12-18(22(21,4)23(19)13-27-23)29-20(26)8-6-5-7-16(25)15(2)24/h5-8,11,15-19,24-25H,9-10,12-13H2,1-4H3/b7-5+,8-6-/t15-,16+,17+,18+,19+,21-,22+,23+/m0/s1. The monoisotopic (exact) mass is 404 g/mol. The first-order valence-electron chi connectivity index (χ1n) is 10.5. The van der Waals surface area contributed by atoms with E-state index in [4.69, 9.17) is 14.2 Å². The van der Waals surface area contributed by atoms with Gasteiger partial charge < -0.3 is 24.4 Å². The van der Waals surface area contributed by atoms with Gasteiger partial charge in [0, 0.05) is 23.3 Å². The lowest BCUT2D eigenvalue weighted by Crippen LogP contribution is -2.63. The molecule has 2 N–H and O–H groups in total. The normalized spacial score (nSPS) is 45.3. The van der Waals surface area contributed by atoms with Gasteiger partial charge in [-0.2, -0.15) is 0 Å². The number of ether oxygens (including phenoxy) is 3. The van der Waals surface area contributed by atoms with Crippen LogP contribution in [-0.2, 0) is 19.0 Å². The van der Waals surface area contributed by atoms with Crippen molar-refractivity contribution in [3.8, 4) is 0 Å². The van der Waals surface area contributed by atoms with Crippen LogP contribution in [0, 0.1) is 10.8 Å². The molecule has 29 heavy (non-hydrogen) atoms. The van der Waals surface area contributed by atoms with Crippen LogP contribution in [0.3, 0.4) is 0 Å². The summed E-state index contributed by atoms with van der Waals surface area (Å²) in [4.78, 5) is 12.5. The van der Waals surface area contributed by atoms with E-state index in [1.165, 1.54) is 36.8 Å². The van der Waals surface area contributed by atoms with Gasteiger partial charge in [-0.25, -0.2) is 4.79 Å². The second-order valence-electron chi connectivity index (χ2n) is 9.49. The lowest BCUT2D eigenvalue weighted by molar-refractivity contribution is -0.209. The molecule has 0 aromatic rings. The Balaban J connectivity index is 1.52. The lowest BCUT2D eigenvalue weighted by atomic mass is 9.52. The number of allylic oxidation sites excluding steroid dienone is 3. The summed E-state index contributed by atoms with van der Waals surface area (Å²) in [5.74, 6) is -0.418. The van der Waals surface area contributed by atoms with Crippen LogP contribution in [0.1, 0.15) is 47.0 Å². The highest BCUT2D eigenvalue weighted by Crippen LogP contribution is 2.71. The molecular formula is C23H32O6. The topological polar surface area (TPSA) is 88.5 Å². The van der Waals surface area contributed by atoms with E-state index >= 15 is 0 Å². The molecule has 2 bridgehead atoms. The first kappa shape index (κ1) is 20.8. The van der Waals surface area contributed by atoms with Crippen LogP contribution in [0.15, 0.2) is 36.0 Å². The summed E-state index contributed by atoms with van der Waals surface area (Å²) >= 11 is 0. The number of aliphatic hydroxyl groups is 2. The average molecular weight is 405 g/mol.